The van der Waals surface area contributed by atoms with Gasteiger partial charge in [0.2, 0.25) is 6.23 Å². The van der Waals surface area contributed by atoms with Crippen LogP contribution in [0.5, 0.6) is 0 Å². The second kappa shape index (κ2) is 3.44. The predicted octanol–water partition coefficient (Wildman–Crippen LogP) is 0.948. The third kappa shape index (κ3) is 1.64. The SMILES string of the molecule is O=C(O)C(O)NC12CC3CC(CC(C3)C1)C2. The second-order valence-electron chi connectivity index (χ2n) is 6.08. The van der Waals surface area contributed by atoms with Gasteiger partial charge < -0.3 is 10.2 Å². The number of aliphatic hydroxyl groups is 1. The Kier molecular flexibility index (Phi) is 2.27. The van der Waals surface area contributed by atoms with E-state index in [9.17, 15) is 9.90 Å². The first-order valence-corrected chi connectivity index (χ1v) is 6.25. The average Bonchev–Trinajstić information content (AvgIpc) is 2.13. The van der Waals surface area contributed by atoms with Gasteiger partial charge in [-0.2, -0.15) is 0 Å². The van der Waals surface area contributed by atoms with Gasteiger partial charge in [-0.3, -0.25) is 5.32 Å². The number of hydrogen-bond donors (Lipinski definition) is 3. The number of aliphatic hydroxyl groups excluding tert-OH is 1. The minimum Gasteiger partial charge on any atom is -0.478 e. The van der Waals surface area contributed by atoms with Crippen LogP contribution in [-0.4, -0.2) is 27.9 Å². The molecule has 0 amide bonds. The molecule has 0 aliphatic heterocycles. The Morgan fingerprint density at radius 1 is 1.12 bits per heavy atom. The molecule has 4 saturated carbocycles. The van der Waals surface area contributed by atoms with Gasteiger partial charge in [-0.25, -0.2) is 4.79 Å². The van der Waals surface area contributed by atoms with Gasteiger partial charge in [0.1, 0.15) is 0 Å². The van der Waals surface area contributed by atoms with Crippen LogP contribution in [0.1, 0.15) is 38.5 Å². The fraction of sp³-hybridized carbons (Fsp3) is 0.917. The van der Waals surface area contributed by atoms with Crippen LogP contribution in [0.2, 0.25) is 0 Å². The van der Waals surface area contributed by atoms with Gasteiger partial charge >= 0.3 is 5.97 Å². The molecule has 3 N–H and O–H groups in total. The first-order chi connectivity index (χ1) is 7.56. The average molecular weight is 225 g/mol. The third-order valence-electron chi connectivity index (χ3n) is 4.72. The standard InChI is InChI=1S/C12H19NO3/c14-10(11(15)16)13-12-4-7-1-8(5-12)3-9(2-7)6-12/h7-10,13-14H,1-6H2,(H,15,16). The third-order valence-corrected chi connectivity index (χ3v) is 4.72. The molecule has 4 aliphatic rings. The molecule has 0 radical (unpaired) electrons. The molecule has 0 aromatic rings. The molecular weight excluding hydrogens is 206 g/mol. The molecule has 1 unspecified atom stereocenters. The number of nitrogens with one attached hydrogen (secondary N) is 1. The number of rotatable bonds is 3. The quantitative estimate of drug-likeness (QED) is 0.625. The lowest BCUT2D eigenvalue weighted by Gasteiger charge is -2.57. The van der Waals surface area contributed by atoms with E-state index in [1.807, 2.05) is 0 Å². The number of carboxylic acid groups (broad SMARTS) is 1. The van der Waals surface area contributed by atoms with Crippen molar-refractivity contribution in [2.75, 3.05) is 0 Å². The van der Waals surface area contributed by atoms with Gasteiger partial charge in [-0.05, 0) is 56.3 Å². The van der Waals surface area contributed by atoms with Crippen LogP contribution >= 0.6 is 0 Å². The minimum absolute atomic E-state index is 0.0768. The lowest BCUT2D eigenvalue weighted by atomic mass is 9.53. The van der Waals surface area contributed by atoms with Crippen molar-refractivity contribution in [2.24, 2.45) is 17.8 Å². The van der Waals surface area contributed by atoms with Crippen molar-refractivity contribution in [3.8, 4) is 0 Å². The zero-order valence-electron chi connectivity index (χ0n) is 9.35. The molecule has 4 heteroatoms. The Labute approximate surface area is 95.0 Å². The van der Waals surface area contributed by atoms with E-state index in [-0.39, 0.29) is 5.54 Å². The van der Waals surface area contributed by atoms with Crippen LogP contribution in [0.25, 0.3) is 0 Å². The molecule has 0 saturated heterocycles. The minimum atomic E-state index is -1.39. The van der Waals surface area contributed by atoms with Crippen molar-refractivity contribution in [2.45, 2.75) is 50.3 Å². The van der Waals surface area contributed by atoms with Crippen LogP contribution < -0.4 is 5.32 Å². The van der Waals surface area contributed by atoms with Crippen molar-refractivity contribution in [1.82, 2.24) is 5.32 Å². The molecule has 16 heavy (non-hydrogen) atoms. The van der Waals surface area contributed by atoms with E-state index in [1.165, 1.54) is 19.3 Å². The molecule has 0 heterocycles. The van der Waals surface area contributed by atoms with E-state index in [0.717, 1.165) is 37.0 Å². The molecule has 0 aromatic heterocycles. The summed E-state index contributed by atoms with van der Waals surface area (Å²) in [6, 6.07) is 0. The maximum Gasteiger partial charge on any atom is 0.347 e. The van der Waals surface area contributed by atoms with E-state index in [0.29, 0.717) is 0 Å². The van der Waals surface area contributed by atoms with E-state index in [1.54, 1.807) is 0 Å². The molecule has 0 aromatic carbocycles. The largest absolute Gasteiger partial charge is 0.478 e. The summed E-state index contributed by atoms with van der Waals surface area (Å²) < 4.78 is 0. The summed E-state index contributed by atoms with van der Waals surface area (Å²) in [5.41, 5.74) is -0.0768. The molecular formula is C12H19NO3. The summed E-state index contributed by atoms with van der Waals surface area (Å²) in [6.45, 7) is 0. The maximum atomic E-state index is 10.7. The zero-order chi connectivity index (χ0) is 11.3. The van der Waals surface area contributed by atoms with Crippen LogP contribution in [0.15, 0.2) is 0 Å². The number of aliphatic carboxylic acids is 1. The Bertz CT molecular complexity index is 280. The number of carbonyl (C=O) groups is 1. The highest BCUT2D eigenvalue weighted by molar-refractivity contribution is 5.71. The summed E-state index contributed by atoms with van der Waals surface area (Å²) in [5.74, 6) is 1.13. The molecule has 4 aliphatic carbocycles. The molecule has 0 spiro atoms. The monoisotopic (exact) mass is 225 g/mol. The summed E-state index contributed by atoms with van der Waals surface area (Å²) in [6.07, 6.45) is 5.75. The summed E-state index contributed by atoms with van der Waals surface area (Å²) in [4.78, 5) is 10.7. The normalized spacial score (nSPS) is 46.9. The second-order valence-corrected chi connectivity index (χ2v) is 6.08. The fourth-order valence-electron chi connectivity index (χ4n) is 4.64. The molecule has 4 bridgehead atoms. The van der Waals surface area contributed by atoms with Crippen molar-refractivity contribution in [3.05, 3.63) is 0 Å². The van der Waals surface area contributed by atoms with Crippen LogP contribution in [0, 0.1) is 17.8 Å². The topological polar surface area (TPSA) is 69.6 Å². The van der Waals surface area contributed by atoms with Crippen molar-refractivity contribution in [3.63, 3.8) is 0 Å². The van der Waals surface area contributed by atoms with E-state index in [4.69, 9.17) is 5.11 Å². The highest BCUT2D eigenvalue weighted by Crippen LogP contribution is 2.55. The maximum absolute atomic E-state index is 10.7. The van der Waals surface area contributed by atoms with E-state index < -0.39 is 12.2 Å². The fourth-order valence-corrected chi connectivity index (χ4v) is 4.64. The van der Waals surface area contributed by atoms with Gasteiger partial charge in [0.25, 0.3) is 0 Å². The summed E-state index contributed by atoms with van der Waals surface area (Å²) in [5, 5.41) is 21.2. The Hall–Kier alpha value is -0.610. The van der Waals surface area contributed by atoms with Gasteiger partial charge in [-0.1, -0.05) is 0 Å². The molecule has 4 fully saturated rings. The van der Waals surface area contributed by atoms with E-state index in [2.05, 4.69) is 5.32 Å². The van der Waals surface area contributed by atoms with Crippen molar-refractivity contribution < 1.29 is 15.0 Å². The molecule has 1 atom stereocenters. The zero-order valence-corrected chi connectivity index (χ0v) is 9.35. The first kappa shape index (κ1) is 10.5. The lowest BCUT2D eigenvalue weighted by molar-refractivity contribution is -0.152. The number of hydrogen-bond acceptors (Lipinski definition) is 3. The van der Waals surface area contributed by atoms with Gasteiger partial charge in [0.15, 0.2) is 0 Å². The van der Waals surface area contributed by atoms with Gasteiger partial charge in [-0.15, -0.1) is 0 Å². The van der Waals surface area contributed by atoms with Gasteiger partial charge in [0.05, 0.1) is 0 Å². The Balaban J connectivity index is 1.76. The Morgan fingerprint density at radius 3 is 1.94 bits per heavy atom. The molecule has 90 valence electrons. The predicted molar refractivity (Wildman–Crippen MR) is 57.7 cm³/mol. The number of carboxylic acids is 1. The first-order valence-electron chi connectivity index (χ1n) is 6.25. The van der Waals surface area contributed by atoms with Crippen molar-refractivity contribution in [1.29, 1.82) is 0 Å². The van der Waals surface area contributed by atoms with Crippen LogP contribution in [0.3, 0.4) is 0 Å². The van der Waals surface area contributed by atoms with Gasteiger partial charge in [0, 0.05) is 5.54 Å². The van der Waals surface area contributed by atoms with Crippen LogP contribution in [0.4, 0.5) is 0 Å². The highest BCUT2D eigenvalue weighted by Gasteiger charge is 2.51. The smallest absolute Gasteiger partial charge is 0.347 e. The summed E-state index contributed by atoms with van der Waals surface area (Å²) in [7, 11) is 0. The lowest BCUT2D eigenvalue weighted by Crippen LogP contribution is -2.62. The van der Waals surface area contributed by atoms with Crippen molar-refractivity contribution >= 4 is 5.97 Å². The molecule has 4 rings (SSSR count). The summed E-state index contributed by atoms with van der Waals surface area (Å²) >= 11 is 0. The molecule has 4 nitrogen and oxygen atoms in total. The van der Waals surface area contributed by atoms with E-state index >= 15 is 0 Å². The van der Waals surface area contributed by atoms with Crippen LogP contribution in [-0.2, 0) is 4.79 Å². The highest BCUT2D eigenvalue weighted by atomic mass is 16.4. The Morgan fingerprint density at radius 2 is 1.56 bits per heavy atom.